The number of allylic oxidation sites excluding steroid dienone is 2. The van der Waals surface area contributed by atoms with Gasteiger partial charge in [0.1, 0.15) is 0 Å². The van der Waals surface area contributed by atoms with Gasteiger partial charge in [-0.3, -0.25) is 0 Å². The molecule has 0 radical (unpaired) electrons. The molecule has 0 bridgehead atoms. The standard InChI is InChI=1S/C46H94O7Si3/c1-19-33(11)29-34(12)43(52-55(23-5,24-6)25-7)39(17)45-37(15)40(48-18)31-46(50-45)41(51-54(20-2,21-3)22-4)30-35(13)42(49-46)38(16)44(36(14)32-47)53-56(26-8,27-9)28-10/h19,34-45,47H,20-32H2,1-18H3/b33-19+/t34-,35-,36-,37+,38+,39+,40+,41-,42-,43-,44-,45-,46-/m0/s1. The van der Waals surface area contributed by atoms with Gasteiger partial charge in [0.2, 0.25) is 0 Å². The Morgan fingerprint density at radius 1 is 0.714 bits per heavy atom. The first-order valence-corrected chi connectivity index (χ1v) is 31.2. The van der Waals surface area contributed by atoms with Gasteiger partial charge in [-0.25, -0.2) is 0 Å². The first-order valence-electron chi connectivity index (χ1n) is 23.6. The molecule has 1 spiro atoms. The van der Waals surface area contributed by atoms with Crippen LogP contribution < -0.4 is 0 Å². The smallest absolute Gasteiger partial charge is 0.196 e. The van der Waals surface area contributed by atoms with Crippen LogP contribution in [0.15, 0.2) is 11.6 Å². The number of hydrogen-bond acceptors (Lipinski definition) is 7. The van der Waals surface area contributed by atoms with Gasteiger partial charge in [-0.05, 0) is 92.9 Å². The van der Waals surface area contributed by atoms with E-state index in [1.54, 1.807) is 0 Å². The summed E-state index contributed by atoms with van der Waals surface area (Å²) in [6.45, 7) is 39.3. The molecule has 2 heterocycles. The first-order chi connectivity index (χ1) is 26.4. The molecule has 332 valence electrons. The van der Waals surface area contributed by atoms with Crippen LogP contribution in [0.5, 0.6) is 0 Å². The molecule has 7 nitrogen and oxygen atoms in total. The summed E-state index contributed by atoms with van der Waals surface area (Å²) in [5.41, 5.74) is 1.41. The van der Waals surface area contributed by atoms with Gasteiger partial charge in [0.05, 0.1) is 36.6 Å². The van der Waals surface area contributed by atoms with Crippen molar-refractivity contribution >= 4 is 25.0 Å². The van der Waals surface area contributed by atoms with Crippen molar-refractivity contribution in [3.63, 3.8) is 0 Å². The van der Waals surface area contributed by atoms with Crippen molar-refractivity contribution in [1.82, 2.24) is 0 Å². The second-order valence-corrected chi connectivity index (χ2v) is 32.9. The summed E-state index contributed by atoms with van der Waals surface area (Å²) in [6.07, 6.45) is 4.16. The fourth-order valence-electron chi connectivity index (χ4n) is 10.7. The number of methoxy groups -OCH3 is 1. The van der Waals surface area contributed by atoms with Crippen molar-refractivity contribution < 1.29 is 32.6 Å². The molecule has 0 unspecified atom stereocenters. The summed E-state index contributed by atoms with van der Waals surface area (Å²) in [4.78, 5) is 0. The molecule has 2 saturated heterocycles. The fraction of sp³-hybridized carbons (Fsp3) is 0.957. The molecule has 13 atom stereocenters. The van der Waals surface area contributed by atoms with Crippen molar-refractivity contribution in [2.75, 3.05) is 13.7 Å². The highest BCUT2D eigenvalue weighted by atomic mass is 28.4. The van der Waals surface area contributed by atoms with Gasteiger partial charge in [0, 0.05) is 43.8 Å². The molecule has 1 N–H and O–H groups in total. The maximum Gasteiger partial charge on any atom is 0.196 e. The number of aliphatic hydroxyl groups is 1. The highest BCUT2D eigenvalue weighted by Gasteiger charge is 2.60. The minimum absolute atomic E-state index is 0.00507. The topological polar surface area (TPSA) is 75.6 Å². The van der Waals surface area contributed by atoms with Crippen LogP contribution in [0.25, 0.3) is 0 Å². The molecule has 0 aromatic heterocycles. The second kappa shape index (κ2) is 23.4. The summed E-state index contributed by atoms with van der Waals surface area (Å²) in [5.74, 6) is -0.121. The van der Waals surface area contributed by atoms with Crippen LogP contribution in [-0.2, 0) is 27.5 Å². The number of aliphatic hydroxyl groups excluding tert-OH is 1. The molecule has 0 aromatic rings. The lowest BCUT2D eigenvalue weighted by Crippen LogP contribution is -2.68. The summed E-state index contributed by atoms with van der Waals surface area (Å²) in [7, 11) is -4.15. The quantitative estimate of drug-likeness (QED) is 0.0725. The van der Waals surface area contributed by atoms with E-state index < -0.39 is 30.7 Å². The highest BCUT2D eigenvalue weighted by Crippen LogP contribution is 2.51. The molecule has 2 aliphatic heterocycles. The summed E-state index contributed by atoms with van der Waals surface area (Å²) < 4.78 is 44.5. The zero-order valence-corrected chi connectivity index (χ0v) is 43.1. The van der Waals surface area contributed by atoms with Crippen LogP contribution in [0.2, 0.25) is 54.4 Å². The van der Waals surface area contributed by atoms with Gasteiger partial charge in [-0.1, -0.05) is 116 Å². The fourth-order valence-corrected chi connectivity index (χ4v) is 19.6. The monoisotopic (exact) mass is 843 g/mol. The van der Waals surface area contributed by atoms with Crippen molar-refractivity contribution in [1.29, 1.82) is 0 Å². The van der Waals surface area contributed by atoms with Crippen molar-refractivity contribution in [3.05, 3.63) is 11.6 Å². The van der Waals surface area contributed by atoms with E-state index in [2.05, 4.69) is 124 Å². The predicted octanol–water partition coefficient (Wildman–Crippen LogP) is 12.6. The summed E-state index contributed by atoms with van der Waals surface area (Å²) in [6, 6.07) is 9.79. The third-order valence-electron chi connectivity index (χ3n) is 15.8. The van der Waals surface area contributed by atoms with Crippen LogP contribution in [0.1, 0.15) is 137 Å². The molecule has 2 fully saturated rings. The van der Waals surface area contributed by atoms with Crippen LogP contribution in [-0.4, -0.2) is 86.2 Å². The predicted molar refractivity (Wildman–Crippen MR) is 245 cm³/mol. The van der Waals surface area contributed by atoms with Gasteiger partial charge in [-0.2, -0.15) is 0 Å². The zero-order chi connectivity index (χ0) is 42.6. The van der Waals surface area contributed by atoms with Crippen LogP contribution in [0, 0.1) is 35.5 Å². The van der Waals surface area contributed by atoms with Crippen LogP contribution in [0.3, 0.4) is 0 Å². The lowest BCUT2D eigenvalue weighted by molar-refractivity contribution is -0.388. The lowest BCUT2D eigenvalue weighted by atomic mass is 9.74. The zero-order valence-electron chi connectivity index (χ0n) is 40.1. The normalized spacial score (nSPS) is 30.2. The average molecular weight is 844 g/mol. The molecule has 0 aromatic carbocycles. The Morgan fingerprint density at radius 2 is 1.14 bits per heavy atom. The summed E-state index contributed by atoms with van der Waals surface area (Å²) >= 11 is 0. The third-order valence-corrected chi connectivity index (χ3v) is 29.7. The lowest BCUT2D eigenvalue weighted by Gasteiger charge is -2.59. The van der Waals surface area contributed by atoms with E-state index in [0.717, 1.165) is 67.2 Å². The van der Waals surface area contributed by atoms with Crippen molar-refractivity contribution in [2.45, 2.75) is 234 Å². The van der Waals surface area contributed by atoms with E-state index in [-0.39, 0.29) is 72.8 Å². The molecule has 0 saturated carbocycles. The van der Waals surface area contributed by atoms with E-state index in [1.807, 2.05) is 7.11 Å². The van der Waals surface area contributed by atoms with E-state index in [4.69, 9.17) is 27.5 Å². The van der Waals surface area contributed by atoms with Gasteiger partial charge in [-0.15, -0.1) is 0 Å². The van der Waals surface area contributed by atoms with Crippen molar-refractivity contribution in [2.24, 2.45) is 35.5 Å². The molecule has 0 amide bonds. The van der Waals surface area contributed by atoms with E-state index in [9.17, 15) is 5.11 Å². The van der Waals surface area contributed by atoms with E-state index in [1.165, 1.54) is 5.57 Å². The number of ether oxygens (including phenoxy) is 3. The molecule has 2 aliphatic rings. The maximum absolute atomic E-state index is 10.6. The van der Waals surface area contributed by atoms with Gasteiger partial charge in [0.25, 0.3) is 0 Å². The molecule has 10 heteroatoms. The van der Waals surface area contributed by atoms with Gasteiger partial charge < -0.3 is 32.6 Å². The van der Waals surface area contributed by atoms with E-state index >= 15 is 0 Å². The molecule has 56 heavy (non-hydrogen) atoms. The van der Waals surface area contributed by atoms with Crippen molar-refractivity contribution in [3.8, 4) is 0 Å². The largest absolute Gasteiger partial charge is 0.413 e. The first kappa shape index (κ1) is 52.2. The molecular weight excluding hydrogens is 749 g/mol. The average Bonchev–Trinajstić information content (AvgIpc) is 3.22. The maximum atomic E-state index is 10.6. The molecule has 0 aliphatic carbocycles. The molecular formula is C46H94O7Si3. The van der Waals surface area contributed by atoms with E-state index in [0.29, 0.717) is 12.3 Å². The Bertz CT molecular complexity index is 1120. The highest BCUT2D eigenvalue weighted by molar-refractivity contribution is 6.74. The number of hydrogen-bond donors (Lipinski definition) is 1. The Kier molecular flexibility index (Phi) is 21.8. The third kappa shape index (κ3) is 11.9. The minimum atomic E-state index is -2.07. The SMILES string of the molecule is C/C=C(\C)C[C@H](C)[C@H](O[Si](CC)(CC)CC)[C@@H](C)[C@H]1O[C@]2(C[C@@H](OC)[C@H]1C)O[C@H]([C@@H](C)[C@@H](O[Si](CC)(CC)CC)[C@@H](C)CO)[C@@H](C)C[C@@H]2O[Si](CC)(CC)CC. The van der Waals surface area contributed by atoms with Gasteiger partial charge >= 0.3 is 0 Å². The Labute approximate surface area is 350 Å². The molecule has 2 rings (SSSR count). The summed E-state index contributed by atoms with van der Waals surface area (Å²) in [5, 5.41) is 10.6. The second-order valence-electron chi connectivity index (χ2n) is 18.7. The Hall–Kier alpha value is 0.111. The van der Waals surface area contributed by atoms with Crippen LogP contribution >= 0.6 is 0 Å². The Balaban J connectivity index is 2.83. The Morgan fingerprint density at radius 3 is 1.55 bits per heavy atom. The van der Waals surface area contributed by atoms with Crippen LogP contribution in [0.4, 0.5) is 0 Å². The van der Waals surface area contributed by atoms with Gasteiger partial charge in [0.15, 0.2) is 30.7 Å². The number of rotatable bonds is 25. The minimum Gasteiger partial charge on any atom is -0.413 e.